The Balaban J connectivity index is 2.12. The highest BCUT2D eigenvalue weighted by Crippen LogP contribution is 2.40. The minimum atomic E-state index is -0.168. The van der Waals surface area contributed by atoms with Crippen molar-refractivity contribution < 1.29 is 14.3 Å². The number of fused-ring (bicyclic) bond motifs is 1. The van der Waals surface area contributed by atoms with Crippen molar-refractivity contribution >= 4 is 23.2 Å². The molecule has 0 fully saturated rings. The number of imidazole rings is 1. The molecule has 0 unspecified atom stereocenters. The van der Waals surface area contributed by atoms with Crippen molar-refractivity contribution in [3.05, 3.63) is 35.9 Å². The highest BCUT2D eigenvalue weighted by Gasteiger charge is 2.26. The maximum atomic E-state index is 12.1. The van der Waals surface area contributed by atoms with E-state index < -0.39 is 0 Å². The molecule has 0 saturated carbocycles. The number of amides is 1. The zero-order valence-corrected chi connectivity index (χ0v) is 11.1. The second-order valence-corrected chi connectivity index (χ2v) is 4.26. The van der Waals surface area contributed by atoms with Crippen LogP contribution in [0.4, 0.5) is 5.69 Å². The largest absolute Gasteiger partial charge is 0.493 e. The molecule has 0 bridgehead atoms. The number of nitrogens with zero attached hydrogens (tertiary/aromatic N) is 1. The van der Waals surface area contributed by atoms with Gasteiger partial charge in [-0.1, -0.05) is 0 Å². The van der Waals surface area contributed by atoms with E-state index in [2.05, 4.69) is 15.3 Å². The Morgan fingerprint density at radius 1 is 1.20 bits per heavy atom. The minimum Gasteiger partial charge on any atom is -0.493 e. The van der Waals surface area contributed by atoms with E-state index in [1.54, 1.807) is 45.0 Å². The number of carbonyl (C=O) groups is 1. The smallest absolute Gasteiger partial charge is 0.256 e. The summed E-state index contributed by atoms with van der Waals surface area (Å²) in [6.07, 6.45) is 5.01. The molecule has 6 heteroatoms. The number of hydrogen-bond acceptors (Lipinski definition) is 4. The van der Waals surface area contributed by atoms with Crippen molar-refractivity contribution in [2.45, 2.75) is 0 Å². The Morgan fingerprint density at radius 3 is 2.60 bits per heavy atom. The van der Waals surface area contributed by atoms with E-state index in [-0.39, 0.29) is 5.91 Å². The fraction of sp³-hybridized carbons (Fsp3) is 0.143. The van der Waals surface area contributed by atoms with Crippen molar-refractivity contribution in [3.8, 4) is 11.5 Å². The van der Waals surface area contributed by atoms with Gasteiger partial charge in [0, 0.05) is 17.8 Å². The number of aromatic amines is 1. The van der Waals surface area contributed by atoms with Crippen molar-refractivity contribution in [1.82, 2.24) is 9.97 Å². The second-order valence-electron chi connectivity index (χ2n) is 4.26. The van der Waals surface area contributed by atoms with Crippen molar-refractivity contribution in [3.63, 3.8) is 0 Å². The summed E-state index contributed by atoms with van der Waals surface area (Å²) in [6, 6.07) is 3.53. The number of hydrogen-bond donors (Lipinski definition) is 2. The third-order valence-electron chi connectivity index (χ3n) is 3.12. The van der Waals surface area contributed by atoms with Crippen LogP contribution in [0.1, 0.15) is 11.3 Å². The monoisotopic (exact) mass is 271 g/mol. The summed E-state index contributed by atoms with van der Waals surface area (Å²) in [4.78, 5) is 19.0. The predicted octanol–water partition coefficient (Wildman–Crippen LogP) is 1.92. The van der Waals surface area contributed by atoms with Crippen LogP contribution < -0.4 is 14.8 Å². The zero-order valence-electron chi connectivity index (χ0n) is 11.1. The molecule has 0 spiro atoms. The van der Waals surface area contributed by atoms with Crippen LogP contribution in [0.3, 0.4) is 0 Å². The van der Waals surface area contributed by atoms with Gasteiger partial charge in [0.05, 0.1) is 37.5 Å². The molecule has 2 heterocycles. The number of rotatable bonds is 3. The van der Waals surface area contributed by atoms with Crippen LogP contribution in [0.25, 0.3) is 11.6 Å². The van der Waals surface area contributed by atoms with Crippen molar-refractivity contribution in [2.24, 2.45) is 0 Å². The van der Waals surface area contributed by atoms with E-state index in [0.717, 1.165) is 5.56 Å². The molecular formula is C14H13N3O3. The number of methoxy groups -OCH3 is 2. The third-order valence-corrected chi connectivity index (χ3v) is 3.12. The Hall–Kier alpha value is -2.76. The molecule has 1 aromatic heterocycles. The van der Waals surface area contributed by atoms with Crippen LogP contribution in [-0.4, -0.2) is 30.1 Å². The number of aromatic nitrogens is 2. The summed E-state index contributed by atoms with van der Waals surface area (Å²) < 4.78 is 10.5. The van der Waals surface area contributed by atoms with E-state index in [1.807, 2.05) is 0 Å². The summed E-state index contributed by atoms with van der Waals surface area (Å²) >= 11 is 0. The summed E-state index contributed by atoms with van der Waals surface area (Å²) in [6.45, 7) is 0. The standard InChI is InChI=1S/C14H13N3O3/c1-19-12-4-9-10(3-8-6-15-7-16-8)14(18)17-11(9)5-13(12)20-2/h3-7H,1-2H3,(H,15,16)(H,17,18). The molecule has 102 valence electrons. The van der Waals surface area contributed by atoms with Gasteiger partial charge >= 0.3 is 0 Å². The Morgan fingerprint density at radius 2 is 1.95 bits per heavy atom. The van der Waals surface area contributed by atoms with Crippen LogP contribution in [0.2, 0.25) is 0 Å². The lowest BCUT2D eigenvalue weighted by Crippen LogP contribution is -2.03. The van der Waals surface area contributed by atoms with Gasteiger partial charge in [0.25, 0.3) is 5.91 Å². The van der Waals surface area contributed by atoms with E-state index in [4.69, 9.17) is 9.47 Å². The van der Waals surface area contributed by atoms with Gasteiger partial charge in [0.15, 0.2) is 11.5 Å². The first-order chi connectivity index (χ1) is 9.72. The molecule has 1 amide bonds. The second kappa shape index (κ2) is 4.73. The minimum absolute atomic E-state index is 0.168. The van der Waals surface area contributed by atoms with Crippen molar-refractivity contribution in [1.29, 1.82) is 0 Å². The average Bonchev–Trinajstić information content (AvgIpc) is 3.06. The lowest BCUT2D eigenvalue weighted by molar-refractivity contribution is -0.110. The lowest BCUT2D eigenvalue weighted by atomic mass is 10.1. The summed E-state index contributed by atoms with van der Waals surface area (Å²) in [5.74, 6) is 0.988. The van der Waals surface area contributed by atoms with Gasteiger partial charge in [-0.2, -0.15) is 0 Å². The van der Waals surface area contributed by atoms with E-state index in [9.17, 15) is 4.79 Å². The molecule has 2 aromatic rings. The Labute approximate surface area is 115 Å². The number of H-pyrrole nitrogens is 1. The molecule has 3 rings (SSSR count). The average molecular weight is 271 g/mol. The first-order valence-corrected chi connectivity index (χ1v) is 6.01. The lowest BCUT2D eigenvalue weighted by Gasteiger charge is -2.09. The van der Waals surface area contributed by atoms with Gasteiger partial charge < -0.3 is 19.8 Å². The molecule has 1 aliphatic rings. The SMILES string of the molecule is COc1cc2c(cc1OC)C(=Cc1c[nH]cn1)C(=O)N2. The van der Waals surface area contributed by atoms with Crippen molar-refractivity contribution in [2.75, 3.05) is 19.5 Å². The summed E-state index contributed by atoms with van der Waals surface area (Å²) in [5.41, 5.74) is 2.72. The molecular weight excluding hydrogens is 258 g/mol. The van der Waals surface area contributed by atoms with Gasteiger partial charge in [-0.3, -0.25) is 4.79 Å². The maximum Gasteiger partial charge on any atom is 0.256 e. The van der Waals surface area contributed by atoms with Crippen LogP contribution in [0.15, 0.2) is 24.7 Å². The summed E-state index contributed by atoms with van der Waals surface area (Å²) in [5, 5.41) is 2.81. The van der Waals surface area contributed by atoms with E-state index >= 15 is 0 Å². The summed E-state index contributed by atoms with van der Waals surface area (Å²) in [7, 11) is 3.12. The number of nitrogens with one attached hydrogen (secondary N) is 2. The zero-order chi connectivity index (χ0) is 14.1. The molecule has 0 aliphatic carbocycles. The molecule has 1 aliphatic heterocycles. The Bertz CT molecular complexity index is 690. The molecule has 0 radical (unpaired) electrons. The highest BCUT2D eigenvalue weighted by atomic mass is 16.5. The molecule has 0 atom stereocenters. The van der Waals surface area contributed by atoms with Crippen LogP contribution in [0.5, 0.6) is 11.5 Å². The third kappa shape index (κ3) is 1.91. The van der Waals surface area contributed by atoms with E-state index in [1.165, 1.54) is 0 Å². The number of anilines is 1. The first kappa shape index (κ1) is 12.3. The topological polar surface area (TPSA) is 76.2 Å². The fourth-order valence-electron chi connectivity index (χ4n) is 2.16. The molecule has 1 aromatic carbocycles. The number of benzene rings is 1. The quantitative estimate of drug-likeness (QED) is 0.836. The van der Waals surface area contributed by atoms with Gasteiger partial charge in [-0.15, -0.1) is 0 Å². The molecule has 20 heavy (non-hydrogen) atoms. The van der Waals surface area contributed by atoms with E-state index in [0.29, 0.717) is 28.5 Å². The van der Waals surface area contributed by atoms with Gasteiger partial charge in [0.2, 0.25) is 0 Å². The number of ether oxygens (including phenoxy) is 2. The highest BCUT2D eigenvalue weighted by molar-refractivity contribution is 6.35. The maximum absolute atomic E-state index is 12.1. The predicted molar refractivity (Wildman–Crippen MR) is 74.6 cm³/mol. The normalized spacial score (nSPS) is 15.1. The number of carbonyl (C=O) groups excluding carboxylic acids is 1. The molecule has 0 saturated heterocycles. The van der Waals surface area contributed by atoms with Crippen LogP contribution in [0, 0.1) is 0 Å². The molecule has 6 nitrogen and oxygen atoms in total. The Kier molecular flexibility index (Phi) is 2.90. The molecule has 2 N–H and O–H groups in total. The van der Waals surface area contributed by atoms with Gasteiger partial charge in [-0.05, 0) is 12.1 Å². The van der Waals surface area contributed by atoms with Crippen LogP contribution in [-0.2, 0) is 4.79 Å². The van der Waals surface area contributed by atoms with Gasteiger partial charge in [0.1, 0.15) is 0 Å². The van der Waals surface area contributed by atoms with Crippen LogP contribution >= 0.6 is 0 Å². The first-order valence-electron chi connectivity index (χ1n) is 6.01. The fourth-order valence-corrected chi connectivity index (χ4v) is 2.16. The van der Waals surface area contributed by atoms with Gasteiger partial charge in [-0.25, -0.2) is 4.98 Å².